The Hall–Kier alpha value is -2.89. The molecule has 2 rings (SSSR count). The number of hydrogen-bond donors (Lipinski definition) is 0. The van der Waals surface area contributed by atoms with Gasteiger partial charge in [-0.05, 0) is 18.2 Å². The van der Waals surface area contributed by atoms with Crippen LogP contribution in [-0.4, -0.2) is 30.9 Å². The fraction of sp³-hybridized carbons (Fsp3) is 0.188. The molecule has 0 saturated carbocycles. The minimum absolute atomic E-state index is 0.0676. The summed E-state index contributed by atoms with van der Waals surface area (Å²) in [7, 11) is 3.08. The summed E-state index contributed by atoms with van der Waals surface area (Å²) in [5.41, 5.74) is 0.610. The molecule has 0 spiro atoms. The van der Waals surface area contributed by atoms with Crippen LogP contribution in [0.25, 0.3) is 10.9 Å². The van der Waals surface area contributed by atoms with Gasteiger partial charge in [-0.25, -0.2) is 0 Å². The van der Waals surface area contributed by atoms with Crippen molar-refractivity contribution < 1.29 is 14.3 Å². The number of hydrogen-bond acceptors (Lipinski definition) is 4. The molecule has 114 valence electrons. The Morgan fingerprint density at radius 1 is 1.41 bits per heavy atom. The van der Waals surface area contributed by atoms with Gasteiger partial charge in [0.05, 0.1) is 24.9 Å². The molecule has 1 aromatic heterocycles. The van der Waals surface area contributed by atoms with E-state index in [9.17, 15) is 14.4 Å². The predicted molar refractivity (Wildman–Crippen MR) is 84.4 cm³/mol. The van der Waals surface area contributed by atoms with Gasteiger partial charge in [0.1, 0.15) is 12.0 Å². The maximum absolute atomic E-state index is 12.3. The zero-order valence-electron chi connectivity index (χ0n) is 12.4. The SMILES string of the molecule is C=CC(=O)N(C)c1cc(=O)n(CC=O)c2cc(OC)ccc12. The first-order valence-electron chi connectivity index (χ1n) is 6.58. The lowest BCUT2D eigenvalue weighted by Gasteiger charge is -2.19. The quantitative estimate of drug-likeness (QED) is 0.617. The molecule has 0 fully saturated rings. The molecule has 0 radical (unpaired) electrons. The maximum Gasteiger partial charge on any atom is 0.253 e. The summed E-state index contributed by atoms with van der Waals surface area (Å²) in [5, 5.41) is 0.667. The molecule has 6 heteroatoms. The molecule has 0 aliphatic carbocycles. The molecule has 0 saturated heterocycles. The zero-order chi connectivity index (χ0) is 16.3. The Bertz CT molecular complexity index is 808. The molecule has 1 aromatic carbocycles. The number of benzene rings is 1. The van der Waals surface area contributed by atoms with E-state index >= 15 is 0 Å². The van der Waals surface area contributed by atoms with Crippen molar-refractivity contribution >= 4 is 28.8 Å². The third-order valence-electron chi connectivity index (χ3n) is 3.42. The molecule has 0 N–H and O–H groups in total. The molecule has 2 aromatic rings. The van der Waals surface area contributed by atoms with E-state index in [-0.39, 0.29) is 18.0 Å². The molecule has 6 nitrogen and oxygen atoms in total. The normalized spacial score (nSPS) is 10.3. The van der Waals surface area contributed by atoms with Crippen molar-refractivity contribution in [3.63, 3.8) is 0 Å². The molecule has 22 heavy (non-hydrogen) atoms. The third-order valence-corrected chi connectivity index (χ3v) is 3.42. The number of anilines is 1. The van der Waals surface area contributed by atoms with E-state index in [0.717, 1.165) is 0 Å². The van der Waals surface area contributed by atoms with Crippen molar-refractivity contribution in [3.05, 3.63) is 47.3 Å². The highest BCUT2D eigenvalue weighted by Gasteiger charge is 2.15. The molecular formula is C16H16N2O4. The van der Waals surface area contributed by atoms with Gasteiger partial charge in [-0.1, -0.05) is 6.58 Å². The molecule has 0 bridgehead atoms. The fourth-order valence-corrected chi connectivity index (χ4v) is 2.27. The van der Waals surface area contributed by atoms with E-state index < -0.39 is 0 Å². The van der Waals surface area contributed by atoms with Crippen molar-refractivity contribution in [3.8, 4) is 5.75 Å². The van der Waals surface area contributed by atoms with Gasteiger partial charge >= 0.3 is 0 Å². The summed E-state index contributed by atoms with van der Waals surface area (Å²) in [5.74, 6) is 0.228. The molecular weight excluding hydrogens is 284 g/mol. The Balaban J connectivity index is 2.82. The lowest BCUT2D eigenvalue weighted by atomic mass is 10.1. The van der Waals surface area contributed by atoms with Gasteiger partial charge in [0, 0.05) is 24.6 Å². The van der Waals surface area contributed by atoms with E-state index in [1.807, 2.05) is 0 Å². The number of methoxy groups -OCH3 is 1. The summed E-state index contributed by atoms with van der Waals surface area (Å²) >= 11 is 0. The second-order valence-corrected chi connectivity index (χ2v) is 4.63. The first-order chi connectivity index (χ1) is 10.5. The summed E-state index contributed by atoms with van der Waals surface area (Å²) in [4.78, 5) is 36.2. The van der Waals surface area contributed by atoms with Crippen LogP contribution in [0.1, 0.15) is 0 Å². The van der Waals surface area contributed by atoms with Gasteiger partial charge in [0.25, 0.3) is 5.56 Å². The predicted octanol–water partition coefficient (Wildman–Crippen LogP) is 1.36. The molecule has 0 unspecified atom stereocenters. The van der Waals surface area contributed by atoms with E-state index in [4.69, 9.17) is 4.74 Å². The van der Waals surface area contributed by atoms with E-state index in [0.29, 0.717) is 28.6 Å². The van der Waals surface area contributed by atoms with Gasteiger partial charge in [0.2, 0.25) is 5.91 Å². The van der Waals surface area contributed by atoms with Gasteiger partial charge in [-0.3, -0.25) is 9.59 Å². The topological polar surface area (TPSA) is 68.6 Å². The van der Waals surface area contributed by atoms with Crippen LogP contribution >= 0.6 is 0 Å². The first kappa shape index (κ1) is 15.5. The van der Waals surface area contributed by atoms with Crippen LogP contribution in [-0.2, 0) is 16.1 Å². The number of aldehydes is 1. The standard InChI is InChI=1S/C16H16N2O4/c1-4-15(20)17(2)13-10-16(21)18(7-8-19)14-9-11(22-3)5-6-12(13)14/h4-6,8-10H,1,7H2,2-3H3. The highest BCUT2D eigenvalue weighted by molar-refractivity contribution is 6.06. The molecule has 0 aliphatic heterocycles. The molecule has 0 atom stereocenters. The van der Waals surface area contributed by atoms with Crippen LogP contribution < -0.4 is 15.2 Å². The number of fused-ring (bicyclic) bond motifs is 1. The van der Waals surface area contributed by atoms with Crippen molar-refractivity contribution in [2.75, 3.05) is 19.1 Å². The van der Waals surface area contributed by atoms with Crippen molar-refractivity contribution in [2.45, 2.75) is 6.54 Å². The minimum Gasteiger partial charge on any atom is -0.497 e. The number of nitrogens with zero attached hydrogens (tertiary/aromatic N) is 2. The Kier molecular flexibility index (Phi) is 4.41. The summed E-state index contributed by atoms with van der Waals surface area (Å²) < 4.78 is 6.50. The highest BCUT2D eigenvalue weighted by Crippen LogP contribution is 2.27. The average molecular weight is 300 g/mol. The van der Waals surface area contributed by atoms with Crippen LogP contribution in [0.2, 0.25) is 0 Å². The lowest BCUT2D eigenvalue weighted by Crippen LogP contribution is -2.28. The number of amides is 1. The van der Waals surface area contributed by atoms with Gasteiger partial charge < -0.3 is 19.0 Å². The third kappa shape index (κ3) is 2.63. The Morgan fingerprint density at radius 3 is 2.73 bits per heavy atom. The minimum atomic E-state index is -0.369. The second kappa shape index (κ2) is 6.26. The van der Waals surface area contributed by atoms with Crippen LogP contribution in [0.4, 0.5) is 5.69 Å². The van der Waals surface area contributed by atoms with E-state index in [2.05, 4.69) is 6.58 Å². The lowest BCUT2D eigenvalue weighted by molar-refractivity contribution is -0.114. The number of aromatic nitrogens is 1. The number of carbonyl (C=O) groups is 2. The number of ether oxygens (including phenoxy) is 1. The van der Waals surface area contributed by atoms with E-state index in [1.165, 1.54) is 28.7 Å². The average Bonchev–Trinajstić information content (AvgIpc) is 2.55. The highest BCUT2D eigenvalue weighted by atomic mass is 16.5. The van der Waals surface area contributed by atoms with Crippen molar-refractivity contribution in [2.24, 2.45) is 0 Å². The monoisotopic (exact) mass is 300 g/mol. The van der Waals surface area contributed by atoms with Crippen LogP contribution in [0, 0.1) is 0 Å². The summed E-state index contributed by atoms with van der Waals surface area (Å²) in [6, 6.07) is 6.47. The molecule has 0 aliphatic rings. The first-order valence-corrected chi connectivity index (χ1v) is 6.58. The largest absolute Gasteiger partial charge is 0.497 e. The van der Waals surface area contributed by atoms with Gasteiger partial charge in [0.15, 0.2) is 0 Å². The summed E-state index contributed by atoms with van der Waals surface area (Å²) in [6.07, 6.45) is 1.82. The second-order valence-electron chi connectivity index (χ2n) is 4.63. The molecule has 1 heterocycles. The number of likely N-dealkylation sites (N-methyl/N-ethyl adjacent to an activating group) is 1. The Labute approximate surface area is 127 Å². The summed E-state index contributed by atoms with van der Waals surface area (Å²) in [6.45, 7) is 3.38. The van der Waals surface area contributed by atoms with Gasteiger partial charge in [-0.2, -0.15) is 0 Å². The van der Waals surface area contributed by atoms with Crippen molar-refractivity contribution in [1.29, 1.82) is 0 Å². The fourth-order valence-electron chi connectivity index (χ4n) is 2.27. The van der Waals surface area contributed by atoms with Gasteiger partial charge in [-0.15, -0.1) is 0 Å². The van der Waals surface area contributed by atoms with Crippen LogP contribution in [0.5, 0.6) is 5.75 Å². The zero-order valence-corrected chi connectivity index (χ0v) is 12.4. The van der Waals surface area contributed by atoms with Crippen molar-refractivity contribution in [1.82, 2.24) is 4.57 Å². The number of pyridine rings is 1. The van der Waals surface area contributed by atoms with Crippen LogP contribution in [0.15, 0.2) is 41.7 Å². The van der Waals surface area contributed by atoms with Crippen LogP contribution in [0.3, 0.4) is 0 Å². The smallest absolute Gasteiger partial charge is 0.253 e. The molecule has 1 amide bonds. The number of rotatable bonds is 5. The Morgan fingerprint density at radius 2 is 2.14 bits per heavy atom. The number of carbonyl (C=O) groups excluding carboxylic acids is 2. The maximum atomic E-state index is 12.3. The van der Waals surface area contributed by atoms with E-state index in [1.54, 1.807) is 25.2 Å².